The SMILES string of the molecule is Cc1cc(-c2occc2CCN)ccc1F. The smallest absolute Gasteiger partial charge is 0.137 e. The molecule has 1 heterocycles. The third-order valence-electron chi connectivity index (χ3n) is 2.58. The van der Waals surface area contributed by atoms with Gasteiger partial charge in [-0.2, -0.15) is 0 Å². The molecule has 0 aliphatic carbocycles. The van der Waals surface area contributed by atoms with Crippen molar-refractivity contribution < 1.29 is 8.81 Å². The predicted octanol–water partition coefficient (Wildman–Crippen LogP) is 2.90. The van der Waals surface area contributed by atoms with Crippen molar-refractivity contribution in [1.82, 2.24) is 0 Å². The van der Waals surface area contributed by atoms with Gasteiger partial charge in [-0.1, -0.05) is 0 Å². The van der Waals surface area contributed by atoms with Crippen LogP contribution in [0.2, 0.25) is 0 Å². The lowest BCUT2D eigenvalue weighted by molar-refractivity contribution is 0.578. The molecule has 2 N–H and O–H groups in total. The van der Waals surface area contributed by atoms with E-state index in [0.717, 1.165) is 23.3 Å². The Kier molecular flexibility index (Phi) is 3.06. The minimum Gasteiger partial charge on any atom is -0.464 e. The molecule has 3 heteroatoms. The molecule has 0 aliphatic heterocycles. The lowest BCUT2D eigenvalue weighted by atomic mass is 10.0. The van der Waals surface area contributed by atoms with E-state index >= 15 is 0 Å². The van der Waals surface area contributed by atoms with E-state index in [9.17, 15) is 4.39 Å². The van der Waals surface area contributed by atoms with Crippen molar-refractivity contribution in [3.8, 4) is 11.3 Å². The van der Waals surface area contributed by atoms with E-state index in [-0.39, 0.29) is 5.82 Å². The van der Waals surface area contributed by atoms with E-state index in [1.807, 2.05) is 6.07 Å². The monoisotopic (exact) mass is 219 g/mol. The third kappa shape index (κ3) is 1.99. The van der Waals surface area contributed by atoms with Crippen molar-refractivity contribution in [2.45, 2.75) is 13.3 Å². The van der Waals surface area contributed by atoms with Crippen LogP contribution < -0.4 is 5.73 Å². The summed E-state index contributed by atoms with van der Waals surface area (Å²) in [4.78, 5) is 0. The van der Waals surface area contributed by atoms with Crippen molar-refractivity contribution in [3.05, 3.63) is 47.5 Å². The number of halogens is 1. The summed E-state index contributed by atoms with van der Waals surface area (Å²) < 4.78 is 18.6. The average Bonchev–Trinajstić information content (AvgIpc) is 2.71. The normalized spacial score (nSPS) is 10.7. The summed E-state index contributed by atoms with van der Waals surface area (Å²) in [6.45, 7) is 2.32. The van der Waals surface area contributed by atoms with Crippen molar-refractivity contribution in [2.24, 2.45) is 5.73 Å². The first kappa shape index (κ1) is 10.9. The summed E-state index contributed by atoms with van der Waals surface area (Å²) in [5.41, 5.74) is 8.10. The minimum absolute atomic E-state index is 0.198. The van der Waals surface area contributed by atoms with Gasteiger partial charge in [0.15, 0.2) is 0 Å². The van der Waals surface area contributed by atoms with Crippen LogP contribution in [0.25, 0.3) is 11.3 Å². The molecule has 0 unspecified atom stereocenters. The largest absolute Gasteiger partial charge is 0.464 e. The van der Waals surface area contributed by atoms with Crippen LogP contribution in [0, 0.1) is 12.7 Å². The van der Waals surface area contributed by atoms with Gasteiger partial charge in [-0.05, 0) is 55.3 Å². The third-order valence-corrected chi connectivity index (χ3v) is 2.58. The van der Waals surface area contributed by atoms with Crippen LogP contribution in [0.4, 0.5) is 4.39 Å². The zero-order valence-corrected chi connectivity index (χ0v) is 9.16. The van der Waals surface area contributed by atoms with Crippen molar-refractivity contribution >= 4 is 0 Å². The summed E-state index contributed by atoms with van der Waals surface area (Å²) in [6, 6.07) is 6.87. The van der Waals surface area contributed by atoms with Crippen molar-refractivity contribution in [1.29, 1.82) is 0 Å². The summed E-state index contributed by atoms with van der Waals surface area (Å²) >= 11 is 0. The lowest BCUT2D eigenvalue weighted by Gasteiger charge is -2.03. The molecule has 0 aliphatic rings. The topological polar surface area (TPSA) is 39.2 Å². The number of benzene rings is 1. The Labute approximate surface area is 93.9 Å². The molecule has 1 aromatic carbocycles. The molecule has 0 atom stereocenters. The first-order valence-electron chi connectivity index (χ1n) is 5.25. The second-order valence-electron chi connectivity index (χ2n) is 3.78. The fourth-order valence-corrected chi connectivity index (χ4v) is 1.73. The number of nitrogens with two attached hydrogens (primary N) is 1. The van der Waals surface area contributed by atoms with Gasteiger partial charge in [-0.3, -0.25) is 0 Å². The van der Waals surface area contributed by atoms with E-state index in [4.69, 9.17) is 10.2 Å². The van der Waals surface area contributed by atoms with E-state index < -0.39 is 0 Å². The Morgan fingerprint density at radius 2 is 2.12 bits per heavy atom. The molecule has 0 spiro atoms. The molecule has 0 saturated carbocycles. The summed E-state index contributed by atoms with van der Waals surface area (Å²) in [6.07, 6.45) is 2.40. The molecular formula is C13H14FNO. The first-order chi connectivity index (χ1) is 7.72. The fraction of sp³-hybridized carbons (Fsp3) is 0.231. The maximum atomic E-state index is 13.1. The van der Waals surface area contributed by atoms with E-state index in [0.29, 0.717) is 12.1 Å². The molecule has 0 fully saturated rings. The van der Waals surface area contributed by atoms with E-state index in [2.05, 4.69) is 0 Å². The Morgan fingerprint density at radius 1 is 1.31 bits per heavy atom. The van der Waals surface area contributed by atoms with Crippen LogP contribution in [0.3, 0.4) is 0 Å². The Hall–Kier alpha value is -1.61. The maximum Gasteiger partial charge on any atom is 0.137 e. The van der Waals surface area contributed by atoms with Gasteiger partial charge in [0.05, 0.1) is 6.26 Å². The Morgan fingerprint density at radius 3 is 2.81 bits per heavy atom. The second-order valence-corrected chi connectivity index (χ2v) is 3.78. The number of aryl methyl sites for hydroxylation is 1. The van der Waals surface area contributed by atoms with Crippen LogP contribution in [0.1, 0.15) is 11.1 Å². The van der Waals surface area contributed by atoms with Gasteiger partial charge in [0.25, 0.3) is 0 Å². The fourth-order valence-electron chi connectivity index (χ4n) is 1.73. The van der Waals surface area contributed by atoms with Gasteiger partial charge in [0, 0.05) is 5.56 Å². The number of hydrogen-bond donors (Lipinski definition) is 1. The quantitative estimate of drug-likeness (QED) is 0.862. The van der Waals surface area contributed by atoms with Crippen LogP contribution in [-0.2, 0) is 6.42 Å². The molecule has 2 rings (SSSR count). The highest BCUT2D eigenvalue weighted by Gasteiger charge is 2.09. The van der Waals surface area contributed by atoms with E-state index in [1.54, 1.807) is 25.3 Å². The highest BCUT2D eigenvalue weighted by atomic mass is 19.1. The van der Waals surface area contributed by atoms with Gasteiger partial charge in [-0.15, -0.1) is 0 Å². The van der Waals surface area contributed by atoms with Gasteiger partial charge >= 0.3 is 0 Å². The highest BCUT2D eigenvalue weighted by Crippen LogP contribution is 2.26. The first-order valence-corrected chi connectivity index (χ1v) is 5.25. The molecular weight excluding hydrogens is 205 g/mol. The highest BCUT2D eigenvalue weighted by molar-refractivity contribution is 5.62. The zero-order valence-electron chi connectivity index (χ0n) is 9.16. The summed E-state index contributed by atoms with van der Waals surface area (Å²) in [5.74, 6) is 0.587. The molecule has 84 valence electrons. The van der Waals surface area contributed by atoms with Crippen LogP contribution in [0.5, 0.6) is 0 Å². The Balaban J connectivity index is 2.42. The summed E-state index contributed by atoms with van der Waals surface area (Å²) in [7, 11) is 0. The molecule has 0 amide bonds. The van der Waals surface area contributed by atoms with Crippen LogP contribution >= 0.6 is 0 Å². The lowest BCUT2D eigenvalue weighted by Crippen LogP contribution is -2.02. The second kappa shape index (κ2) is 4.49. The number of furan rings is 1. The Bertz CT molecular complexity index is 490. The van der Waals surface area contributed by atoms with Gasteiger partial charge in [-0.25, -0.2) is 4.39 Å². The maximum absolute atomic E-state index is 13.1. The van der Waals surface area contributed by atoms with Gasteiger partial charge < -0.3 is 10.2 Å². The van der Waals surface area contributed by atoms with Crippen molar-refractivity contribution in [3.63, 3.8) is 0 Å². The van der Waals surface area contributed by atoms with Crippen LogP contribution in [0.15, 0.2) is 34.9 Å². The standard InChI is InChI=1S/C13H14FNO/c1-9-8-11(2-3-12(9)14)13-10(4-6-15)5-7-16-13/h2-3,5,7-8H,4,6,15H2,1H3. The average molecular weight is 219 g/mol. The van der Waals surface area contributed by atoms with E-state index in [1.165, 1.54) is 6.07 Å². The number of hydrogen-bond acceptors (Lipinski definition) is 2. The van der Waals surface area contributed by atoms with Gasteiger partial charge in [0.1, 0.15) is 11.6 Å². The van der Waals surface area contributed by atoms with Gasteiger partial charge in [0.2, 0.25) is 0 Å². The molecule has 1 aromatic heterocycles. The van der Waals surface area contributed by atoms with Crippen molar-refractivity contribution in [2.75, 3.05) is 6.54 Å². The molecule has 16 heavy (non-hydrogen) atoms. The minimum atomic E-state index is -0.198. The molecule has 0 bridgehead atoms. The molecule has 2 nitrogen and oxygen atoms in total. The number of rotatable bonds is 3. The summed E-state index contributed by atoms with van der Waals surface area (Å²) in [5, 5.41) is 0. The predicted molar refractivity (Wildman–Crippen MR) is 61.6 cm³/mol. The molecule has 0 saturated heterocycles. The zero-order chi connectivity index (χ0) is 11.5. The molecule has 2 aromatic rings. The van der Waals surface area contributed by atoms with Crippen LogP contribution in [-0.4, -0.2) is 6.54 Å². The molecule has 0 radical (unpaired) electrons.